The Labute approximate surface area is 151 Å². The molecule has 126 valence electrons. The van der Waals surface area contributed by atoms with Gasteiger partial charge in [-0.2, -0.15) is 5.26 Å². The van der Waals surface area contributed by atoms with Crippen molar-refractivity contribution < 1.29 is 9.53 Å². The first-order valence-corrected chi connectivity index (χ1v) is 8.37. The second kappa shape index (κ2) is 6.73. The largest absolute Gasteiger partial charge is 0.482 e. The lowest BCUT2D eigenvalue weighted by atomic mass is 10.1. The van der Waals surface area contributed by atoms with Crippen molar-refractivity contribution in [3.8, 4) is 22.9 Å². The van der Waals surface area contributed by atoms with Gasteiger partial charge in [0.2, 0.25) is 0 Å². The molecule has 1 amide bonds. The Morgan fingerprint density at radius 2 is 1.50 bits per heavy atom. The van der Waals surface area contributed by atoms with Crippen molar-refractivity contribution >= 4 is 5.91 Å². The Kier molecular flexibility index (Phi) is 4.12. The van der Waals surface area contributed by atoms with Crippen LogP contribution in [0.2, 0.25) is 0 Å². The summed E-state index contributed by atoms with van der Waals surface area (Å²) in [5.41, 5.74) is 4.86. The minimum absolute atomic E-state index is 0.139. The molecule has 0 unspecified atom stereocenters. The molecule has 4 rings (SSSR count). The summed E-state index contributed by atoms with van der Waals surface area (Å²) < 4.78 is 5.54. The second-order valence-electron chi connectivity index (χ2n) is 6.07. The molecule has 0 bridgehead atoms. The summed E-state index contributed by atoms with van der Waals surface area (Å²) in [4.78, 5) is 12.5. The number of benzene rings is 3. The molecule has 3 aromatic rings. The van der Waals surface area contributed by atoms with Gasteiger partial charge in [-0.3, -0.25) is 4.79 Å². The van der Waals surface area contributed by atoms with Gasteiger partial charge in [0.1, 0.15) is 11.8 Å². The van der Waals surface area contributed by atoms with Gasteiger partial charge < -0.3 is 10.1 Å². The van der Waals surface area contributed by atoms with Crippen LogP contribution in [0.1, 0.15) is 22.7 Å². The molecular weight excluding hydrogens is 324 g/mol. The van der Waals surface area contributed by atoms with Gasteiger partial charge in [-0.1, -0.05) is 60.7 Å². The van der Waals surface area contributed by atoms with E-state index in [1.807, 2.05) is 36.4 Å². The first-order chi connectivity index (χ1) is 12.8. The molecular formula is C22H16N2O2. The summed E-state index contributed by atoms with van der Waals surface area (Å²) in [5, 5.41) is 12.2. The van der Waals surface area contributed by atoms with Crippen LogP contribution in [0.4, 0.5) is 0 Å². The zero-order valence-electron chi connectivity index (χ0n) is 14.0. The molecule has 0 aromatic heterocycles. The number of nitrogens with zero attached hydrogens (tertiary/aromatic N) is 1. The Balaban J connectivity index is 1.52. The van der Waals surface area contributed by atoms with E-state index in [4.69, 9.17) is 10.00 Å². The molecule has 0 saturated carbocycles. The molecule has 0 atom stereocenters. The Bertz CT molecular complexity index is 975. The predicted molar refractivity (Wildman–Crippen MR) is 98.5 cm³/mol. The normalized spacial score (nSPS) is 12.0. The molecule has 3 aromatic carbocycles. The number of para-hydroxylation sites is 1. The molecule has 0 aliphatic heterocycles. The minimum atomic E-state index is -0.228. The Morgan fingerprint density at radius 3 is 2.15 bits per heavy atom. The SMILES string of the molecule is N#Cc1ccccc1OCC(=O)NC1c2ccccc2-c2ccccc21. The fourth-order valence-corrected chi connectivity index (χ4v) is 3.34. The molecule has 26 heavy (non-hydrogen) atoms. The van der Waals surface area contributed by atoms with Crippen molar-refractivity contribution in [1.29, 1.82) is 5.26 Å². The summed E-state index contributed by atoms with van der Waals surface area (Å²) in [6.45, 7) is -0.139. The van der Waals surface area contributed by atoms with Gasteiger partial charge >= 0.3 is 0 Å². The van der Waals surface area contributed by atoms with Gasteiger partial charge in [0.15, 0.2) is 6.61 Å². The van der Waals surface area contributed by atoms with E-state index in [2.05, 4.69) is 23.5 Å². The lowest BCUT2D eigenvalue weighted by molar-refractivity contribution is -0.123. The van der Waals surface area contributed by atoms with Crippen LogP contribution in [-0.4, -0.2) is 12.5 Å². The monoisotopic (exact) mass is 340 g/mol. The maximum atomic E-state index is 12.5. The van der Waals surface area contributed by atoms with Crippen molar-refractivity contribution in [2.75, 3.05) is 6.61 Å². The minimum Gasteiger partial charge on any atom is -0.482 e. The van der Waals surface area contributed by atoms with Crippen LogP contribution in [0.5, 0.6) is 5.75 Å². The van der Waals surface area contributed by atoms with Crippen molar-refractivity contribution in [3.05, 3.63) is 89.5 Å². The summed E-state index contributed by atoms with van der Waals surface area (Å²) in [5.74, 6) is 0.187. The first-order valence-electron chi connectivity index (χ1n) is 8.37. The molecule has 1 aliphatic rings. The van der Waals surface area contributed by atoms with E-state index >= 15 is 0 Å². The highest BCUT2D eigenvalue weighted by Crippen LogP contribution is 2.42. The maximum absolute atomic E-state index is 12.5. The molecule has 0 heterocycles. The molecule has 0 radical (unpaired) electrons. The average molecular weight is 340 g/mol. The number of ether oxygens (including phenoxy) is 1. The molecule has 4 nitrogen and oxygen atoms in total. The quantitative estimate of drug-likeness (QED) is 0.785. The van der Waals surface area contributed by atoms with E-state index in [0.717, 1.165) is 22.3 Å². The third kappa shape index (κ3) is 2.80. The molecule has 0 fully saturated rings. The zero-order valence-corrected chi connectivity index (χ0v) is 14.0. The van der Waals surface area contributed by atoms with E-state index in [-0.39, 0.29) is 18.6 Å². The van der Waals surface area contributed by atoms with Crippen LogP contribution < -0.4 is 10.1 Å². The first kappa shape index (κ1) is 15.9. The van der Waals surface area contributed by atoms with Crippen LogP contribution in [-0.2, 0) is 4.79 Å². The van der Waals surface area contributed by atoms with E-state index < -0.39 is 0 Å². The smallest absolute Gasteiger partial charge is 0.258 e. The predicted octanol–water partition coefficient (Wildman–Crippen LogP) is 3.82. The molecule has 1 N–H and O–H groups in total. The van der Waals surface area contributed by atoms with Gasteiger partial charge in [-0.25, -0.2) is 0 Å². The number of rotatable bonds is 4. The lowest BCUT2D eigenvalue weighted by Gasteiger charge is -2.16. The van der Waals surface area contributed by atoms with Crippen molar-refractivity contribution in [2.45, 2.75) is 6.04 Å². The fraction of sp³-hybridized carbons (Fsp3) is 0.0909. The Hall–Kier alpha value is -3.58. The number of hydrogen-bond acceptors (Lipinski definition) is 3. The van der Waals surface area contributed by atoms with Crippen LogP contribution >= 0.6 is 0 Å². The summed E-state index contributed by atoms with van der Waals surface area (Å²) in [6, 6.07) is 24.9. The van der Waals surface area contributed by atoms with Crippen LogP contribution in [0.3, 0.4) is 0 Å². The molecule has 1 aliphatic carbocycles. The van der Waals surface area contributed by atoms with Gasteiger partial charge in [-0.15, -0.1) is 0 Å². The Morgan fingerprint density at radius 1 is 0.923 bits per heavy atom. The van der Waals surface area contributed by atoms with Crippen molar-refractivity contribution in [2.24, 2.45) is 0 Å². The summed E-state index contributed by atoms with van der Waals surface area (Å²) in [7, 11) is 0. The van der Waals surface area contributed by atoms with Crippen LogP contribution in [0.15, 0.2) is 72.8 Å². The van der Waals surface area contributed by atoms with Gasteiger partial charge in [0.05, 0.1) is 11.6 Å². The number of fused-ring (bicyclic) bond motifs is 3. The summed E-state index contributed by atoms with van der Waals surface area (Å²) >= 11 is 0. The average Bonchev–Trinajstić information content (AvgIpc) is 3.01. The fourth-order valence-electron chi connectivity index (χ4n) is 3.34. The maximum Gasteiger partial charge on any atom is 0.258 e. The summed E-state index contributed by atoms with van der Waals surface area (Å²) in [6.07, 6.45) is 0. The zero-order chi connectivity index (χ0) is 17.9. The highest BCUT2D eigenvalue weighted by Gasteiger charge is 2.29. The number of nitrogens with one attached hydrogen (secondary N) is 1. The van der Waals surface area contributed by atoms with E-state index in [1.165, 1.54) is 0 Å². The number of carbonyl (C=O) groups excluding carboxylic acids is 1. The number of nitriles is 1. The van der Waals surface area contributed by atoms with Gasteiger partial charge in [0, 0.05) is 0 Å². The number of amides is 1. The van der Waals surface area contributed by atoms with E-state index in [9.17, 15) is 4.79 Å². The number of hydrogen-bond donors (Lipinski definition) is 1. The van der Waals surface area contributed by atoms with E-state index in [0.29, 0.717) is 11.3 Å². The molecule has 4 heteroatoms. The van der Waals surface area contributed by atoms with E-state index in [1.54, 1.807) is 24.3 Å². The van der Waals surface area contributed by atoms with Gasteiger partial charge in [0.25, 0.3) is 5.91 Å². The third-order valence-corrected chi connectivity index (χ3v) is 4.51. The highest BCUT2D eigenvalue weighted by atomic mass is 16.5. The molecule has 0 saturated heterocycles. The van der Waals surface area contributed by atoms with Gasteiger partial charge in [-0.05, 0) is 34.4 Å². The van der Waals surface area contributed by atoms with Crippen molar-refractivity contribution in [1.82, 2.24) is 5.32 Å². The second-order valence-corrected chi connectivity index (χ2v) is 6.07. The lowest BCUT2D eigenvalue weighted by Crippen LogP contribution is -2.32. The standard InChI is InChI=1S/C22H16N2O2/c23-13-15-7-1-6-12-20(15)26-14-21(25)24-22-18-10-4-2-8-16(18)17-9-3-5-11-19(17)22/h1-12,22H,14H2,(H,24,25). The highest BCUT2D eigenvalue weighted by molar-refractivity contribution is 5.84. The number of carbonyl (C=O) groups is 1. The topological polar surface area (TPSA) is 62.1 Å². The molecule has 0 spiro atoms. The van der Waals surface area contributed by atoms with Crippen LogP contribution in [0, 0.1) is 11.3 Å². The van der Waals surface area contributed by atoms with Crippen molar-refractivity contribution in [3.63, 3.8) is 0 Å². The third-order valence-electron chi connectivity index (χ3n) is 4.51. The van der Waals surface area contributed by atoms with Crippen LogP contribution in [0.25, 0.3) is 11.1 Å².